The third-order valence-electron chi connectivity index (χ3n) is 2.13. The van der Waals surface area contributed by atoms with Crippen molar-refractivity contribution in [2.24, 2.45) is 5.41 Å². The molecule has 0 bridgehead atoms. The van der Waals surface area contributed by atoms with Crippen molar-refractivity contribution in [2.75, 3.05) is 5.32 Å². The molecule has 1 N–H and O–H groups in total. The first-order chi connectivity index (χ1) is 7.28. The van der Waals surface area contributed by atoms with E-state index in [9.17, 15) is 4.79 Å². The molecule has 0 aliphatic carbocycles. The molecule has 0 saturated carbocycles. The Balaban J connectivity index is 2.67. The van der Waals surface area contributed by atoms with Crippen molar-refractivity contribution in [3.05, 3.63) is 28.2 Å². The predicted octanol–water partition coefficient (Wildman–Crippen LogP) is 4.13. The van der Waals surface area contributed by atoms with Gasteiger partial charge < -0.3 is 5.32 Å². The Morgan fingerprint density at radius 2 is 2.00 bits per heavy atom. The van der Waals surface area contributed by atoms with E-state index in [1.807, 2.05) is 25.1 Å². The van der Waals surface area contributed by atoms with Gasteiger partial charge in [-0.3, -0.25) is 4.79 Å². The van der Waals surface area contributed by atoms with Crippen molar-refractivity contribution < 1.29 is 4.79 Å². The Bertz CT molecular complexity index is 393. The Labute approximate surface area is 106 Å². The molecule has 3 heteroatoms. The topological polar surface area (TPSA) is 29.1 Å². The van der Waals surface area contributed by atoms with E-state index in [2.05, 4.69) is 42.0 Å². The highest BCUT2D eigenvalue weighted by Gasteiger charge is 2.15. The van der Waals surface area contributed by atoms with Crippen LogP contribution in [0.25, 0.3) is 0 Å². The van der Waals surface area contributed by atoms with E-state index >= 15 is 0 Å². The SMILES string of the molecule is Cc1cc(NC(=O)CC(C)(C)C)ccc1Br. The Hall–Kier alpha value is -0.830. The number of rotatable bonds is 2. The maximum absolute atomic E-state index is 11.7. The first-order valence-electron chi connectivity index (χ1n) is 5.34. The molecule has 2 nitrogen and oxygen atoms in total. The lowest BCUT2D eigenvalue weighted by Crippen LogP contribution is -2.19. The lowest BCUT2D eigenvalue weighted by molar-refractivity contribution is -0.117. The summed E-state index contributed by atoms with van der Waals surface area (Å²) < 4.78 is 1.06. The van der Waals surface area contributed by atoms with Gasteiger partial charge in [0.05, 0.1) is 0 Å². The van der Waals surface area contributed by atoms with Crippen molar-refractivity contribution in [3.63, 3.8) is 0 Å². The molecular formula is C13H18BrNO. The van der Waals surface area contributed by atoms with E-state index < -0.39 is 0 Å². The maximum Gasteiger partial charge on any atom is 0.224 e. The van der Waals surface area contributed by atoms with Gasteiger partial charge in [0, 0.05) is 16.6 Å². The van der Waals surface area contributed by atoms with Crippen molar-refractivity contribution in [1.29, 1.82) is 0 Å². The summed E-state index contributed by atoms with van der Waals surface area (Å²) in [4.78, 5) is 11.7. The molecule has 1 amide bonds. The van der Waals surface area contributed by atoms with Gasteiger partial charge in [-0.05, 0) is 36.1 Å². The molecule has 16 heavy (non-hydrogen) atoms. The van der Waals surface area contributed by atoms with Gasteiger partial charge in [0.1, 0.15) is 0 Å². The second-order valence-corrected chi connectivity index (χ2v) is 6.10. The van der Waals surface area contributed by atoms with Crippen LogP contribution >= 0.6 is 15.9 Å². The third kappa shape index (κ3) is 4.35. The summed E-state index contributed by atoms with van der Waals surface area (Å²) in [5, 5.41) is 2.91. The molecule has 0 spiro atoms. The summed E-state index contributed by atoms with van der Waals surface area (Å²) >= 11 is 3.43. The van der Waals surface area contributed by atoms with Gasteiger partial charge in [0.15, 0.2) is 0 Å². The van der Waals surface area contributed by atoms with Crippen LogP contribution in [-0.2, 0) is 4.79 Å². The second-order valence-electron chi connectivity index (χ2n) is 5.25. The Kier molecular flexibility index (Phi) is 4.14. The minimum atomic E-state index is 0.0223. The minimum Gasteiger partial charge on any atom is -0.326 e. The van der Waals surface area contributed by atoms with Crippen LogP contribution in [0.5, 0.6) is 0 Å². The zero-order chi connectivity index (χ0) is 12.3. The van der Waals surface area contributed by atoms with Gasteiger partial charge in [-0.1, -0.05) is 36.7 Å². The molecule has 0 radical (unpaired) electrons. The fraction of sp³-hybridized carbons (Fsp3) is 0.462. The highest BCUT2D eigenvalue weighted by Crippen LogP contribution is 2.22. The lowest BCUT2D eigenvalue weighted by atomic mass is 9.92. The number of benzene rings is 1. The van der Waals surface area contributed by atoms with E-state index in [0.29, 0.717) is 6.42 Å². The first kappa shape index (κ1) is 13.2. The average Bonchev–Trinajstić information content (AvgIpc) is 2.08. The number of nitrogens with one attached hydrogen (secondary N) is 1. The van der Waals surface area contributed by atoms with E-state index in [4.69, 9.17) is 0 Å². The monoisotopic (exact) mass is 283 g/mol. The quantitative estimate of drug-likeness (QED) is 0.869. The van der Waals surface area contributed by atoms with Gasteiger partial charge in [0.25, 0.3) is 0 Å². The Morgan fingerprint density at radius 3 is 2.50 bits per heavy atom. The van der Waals surface area contributed by atoms with E-state index in [-0.39, 0.29) is 11.3 Å². The van der Waals surface area contributed by atoms with Crippen LogP contribution in [0.3, 0.4) is 0 Å². The number of anilines is 1. The number of amides is 1. The smallest absolute Gasteiger partial charge is 0.224 e. The summed E-state index contributed by atoms with van der Waals surface area (Å²) in [6.45, 7) is 8.17. The van der Waals surface area contributed by atoms with Crippen molar-refractivity contribution >= 4 is 27.5 Å². The van der Waals surface area contributed by atoms with Crippen molar-refractivity contribution in [3.8, 4) is 0 Å². The van der Waals surface area contributed by atoms with E-state index in [1.165, 1.54) is 0 Å². The fourth-order valence-corrected chi connectivity index (χ4v) is 1.66. The molecule has 0 heterocycles. The second kappa shape index (κ2) is 5.00. The molecule has 1 aromatic carbocycles. The molecule has 0 saturated heterocycles. The number of carbonyl (C=O) groups excluding carboxylic acids is 1. The molecular weight excluding hydrogens is 266 g/mol. The normalized spacial score (nSPS) is 11.3. The summed E-state index contributed by atoms with van der Waals surface area (Å²) in [6, 6.07) is 5.81. The van der Waals surface area contributed by atoms with Crippen LogP contribution in [-0.4, -0.2) is 5.91 Å². The van der Waals surface area contributed by atoms with Crippen LogP contribution in [0.2, 0.25) is 0 Å². The van der Waals surface area contributed by atoms with Crippen molar-refractivity contribution in [2.45, 2.75) is 34.1 Å². The third-order valence-corrected chi connectivity index (χ3v) is 3.02. The summed E-state index contributed by atoms with van der Waals surface area (Å²) in [6.07, 6.45) is 0.530. The van der Waals surface area contributed by atoms with Crippen LogP contribution < -0.4 is 5.32 Å². The van der Waals surface area contributed by atoms with E-state index in [0.717, 1.165) is 15.7 Å². The zero-order valence-electron chi connectivity index (χ0n) is 10.2. The van der Waals surface area contributed by atoms with Crippen molar-refractivity contribution in [1.82, 2.24) is 0 Å². The fourth-order valence-electron chi connectivity index (χ4n) is 1.41. The number of aryl methyl sites for hydroxylation is 1. The van der Waals surface area contributed by atoms with Gasteiger partial charge in [-0.25, -0.2) is 0 Å². The molecule has 0 fully saturated rings. The summed E-state index contributed by atoms with van der Waals surface area (Å²) in [7, 11) is 0. The molecule has 88 valence electrons. The Morgan fingerprint density at radius 1 is 1.38 bits per heavy atom. The number of hydrogen-bond donors (Lipinski definition) is 1. The van der Waals surface area contributed by atoms with Crippen LogP contribution in [0, 0.1) is 12.3 Å². The largest absolute Gasteiger partial charge is 0.326 e. The average molecular weight is 284 g/mol. The van der Waals surface area contributed by atoms with Crippen LogP contribution in [0.4, 0.5) is 5.69 Å². The number of carbonyl (C=O) groups is 1. The van der Waals surface area contributed by atoms with Gasteiger partial charge in [0.2, 0.25) is 5.91 Å². The highest BCUT2D eigenvalue weighted by molar-refractivity contribution is 9.10. The predicted molar refractivity (Wildman–Crippen MR) is 71.6 cm³/mol. The van der Waals surface area contributed by atoms with Gasteiger partial charge in [-0.15, -0.1) is 0 Å². The molecule has 1 rings (SSSR count). The summed E-state index contributed by atoms with van der Waals surface area (Å²) in [5.74, 6) is 0.0641. The molecule has 0 aliphatic rings. The first-order valence-corrected chi connectivity index (χ1v) is 6.13. The molecule has 0 aliphatic heterocycles. The molecule has 0 aromatic heterocycles. The standard InChI is InChI=1S/C13H18BrNO/c1-9-7-10(5-6-11(9)14)15-12(16)8-13(2,3)4/h5-7H,8H2,1-4H3,(H,15,16). The molecule has 0 atom stereocenters. The molecule has 1 aromatic rings. The van der Waals surface area contributed by atoms with Crippen LogP contribution in [0.15, 0.2) is 22.7 Å². The van der Waals surface area contributed by atoms with Gasteiger partial charge in [-0.2, -0.15) is 0 Å². The van der Waals surface area contributed by atoms with Crippen LogP contribution in [0.1, 0.15) is 32.8 Å². The number of hydrogen-bond acceptors (Lipinski definition) is 1. The maximum atomic E-state index is 11.7. The van der Waals surface area contributed by atoms with Gasteiger partial charge >= 0.3 is 0 Å². The van der Waals surface area contributed by atoms with E-state index in [1.54, 1.807) is 0 Å². The number of halogens is 1. The summed E-state index contributed by atoms with van der Waals surface area (Å²) in [5.41, 5.74) is 2.00. The molecule has 0 unspecified atom stereocenters. The highest BCUT2D eigenvalue weighted by atomic mass is 79.9. The zero-order valence-corrected chi connectivity index (χ0v) is 11.8. The lowest BCUT2D eigenvalue weighted by Gasteiger charge is -2.17. The minimum absolute atomic E-state index is 0.0223.